The molecule has 4 heteroatoms. The number of fused-ring (bicyclic) bond motifs is 1. The van der Waals surface area contributed by atoms with Gasteiger partial charge in [0, 0.05) is 0 Å². The van der Waals surface area contributed by atoms with Gasteiger partial charge in [-0.2, -0.15) is 0 Å². The van der Waals surface area contributed by atoms with Gasteiger partial charge >= 0.3 is 0 Å². The summed E-state index contributed by atoms with van der Waals surface area (Å²) < 4.78 is 0. The van der Waals surface area contributed by atoms with Crippen LogP contribution < -0.4 is 0 Å². The second kappa shape index (κ2) is 8.04. The van der Waals surface area contributed by atoms with Gasteiger partial charge in [-0.3, -0.25) is 0 Å². The minimum Gasteiger partial charge on any atom is -0.505 e. The quantitative estimate of drug-likeness (QED) is 0.651. The fourth-order valence-corrected chi connectivity index (χ4v) is 1.78. The van der Waals surface area contributed by atoms with Crippen molar-refractivity contribution in [2.24, 2.45) is 0 Å². The minimum absolute atomic E-state index is 0.0937. The number of rotatable bonds is 3. The van der Waals surface area contributed by atoms with Crippen LogP contribution in [-0.4, -0.2) is 20.1 Å². The highest BCUT2D eigenvalue weighted by atomic mass is 16.3. The summed E-state index contributed by atoms with van der Waals surface area (Å²) in [4.78, 5) is 1.37. The second-order valence-electron chi connectivity index (χ2n) is 4.28. The number of aromatic nitrogens is 3. The maximum Gasteiger partial charge on any atom is 0.145 e. The molecule has 0 amide bonds. The van der Waals surface area contributed by atoms with E-state index < -0.39 is 0 Å². The number of aliphatic hydroxyl groups is 1. The molecule has 1 aliphatic carbocycles. The zero-order valence-corrected chi connectivity index (χ0v) is 13.2. The van der Waals surface area contributed by atoms with Crippen molar-refractivity contribution in [3.8, 4) is 0 Å². The van der Waals surface area contributed by atoms with E-state index in [1.165, 1.54) is 4.80 Å². The van der Waals surface area contributed by atoms with Crippen LogP contribution in [0.4, 0.5) is 0 Å². The monoisotopic (exact) mass is 285 g/mol. The van der Waals surface area contributed by atoms with Gasteiger partial charge in [-0.05, 0) is 38.0 Å². The first kappa shape index (κ1) is 16.7. The fraction of sp³-hybridized carbons (Fsp3) is 0.294. The average molecular weight is 285 g/mol. The first-order valence-electron chi connectivity index (χ1n) is 7.16. The van der Waals surface area contributed by atoms with E-state index in [0.29, 0.717) is 5.70 Å². The Hall–Kier alpha value is -2.36. The highest BCUT2D eigenvalue weighted by Crippen LogP contribution is 2.18. The largest absolute Gasteiger partial charge is 0.505 e. The van der Waals surface area contributed by atoms with E-state index >= 15 is 0 Å². The lowest BCUT2D eigenvalue weighted by molar-refractivity contribution is 0.423. The highest BCUT2D eigenvalue weighted by molar-refractivity contribution is 5.64. The molecule has 0 fully saturated rings. The van der Waals surface area contributed by atoms with Crippen LogP contribution >= 0.6 is 0 Å². The lowest BCUT2D eigenvalue weighted by atomic mass is 10.2. The third-order valence-electron chi connectivity index (χ3n) is 2.80. The molecule has 2 rings (SSSR count). The van der Waals surface area contributed by atoms with Crippen LogP contribution in [0.25, 0.3) is 17.8 Å². The number of allylic oxidation sites excluding steroid dienone is 6. The minimum atomic E-state index is 0.0937. The van der Waals surface area contributed by atoms with Crippen LogP contribution in [0.1, 0.15) is 45.5 Å². The number of hydrogen-bond acceptors (Lipinski definition) is 3. The van der Waals surface area contributed by atoms with Crippen molar-refractivity contribution in [3.63, 3.8) is 0 Å². The number of nitrogens with zero attached hydrogens (tertiary/aromatic N) is 3. The molecule has 1 aliphatic rings. The van der Waals surface area contributed by atoms with Crippen molar-refractivity contribution >= 4 is 17.8 Å². The van der Waals surface area contributed by atoms with Crippen LogP contribution in [0.5, 0.6) is 0 Å². The summed E-state index contributed by atoms with van der Waals surface area (Å²) in [7, 11) is 0. The van der Waals surface area contributed by atoms with Gasteiger partial charge in [0.15, 0.2) is 0 Å². The third-order valence-corrected chi connectivity index (χ3v) is 2.80. The molecule has 0 aliphatic heterocycles. The predicted octanol–water partition coefficient (Wildman–Crippen LogP) is 4.61. The van der Waals surface area contributed by atoms with Crippen molar-refractivity contribution in [1.82, 2.24) is 15.0 Å². The molecule has 1 aromatic heterocycles. The first-order valence-corrected chi connectivity index (χ1v) is 7.16. The van der Waals surface area contributed by atoms with Crippen molar-refractivity contribution in [2.75, 3.05) is 0 Å². The van der Waals surface area contributed by atoms with Crippen molar-refractivity contribution in [3.05, 3.63) is 53.6 Å². The molecule has 0 spiro atoms. The van der Waals surface area contributed by atoms with Gasteiger partial charge in [-0.25, -0.2) is 0 Å². The van der Waals surface area contributed by atoms with Crippen LogP contribution in [-0.2, 0) is 0 Å². The molecule has 0 radical (unpaired) electrons. The Morgan fingerprint density at radius 2 is 1.76 bits per heavy atom. The van der Waals surface area contributed by atoms with Crippen molar-refractivity contribution < 1.29 is 5.11 Å². The Kier molecular flexibility index (Phi) is 6.40. The van der Waals surface area contributed by atoms with Crippen molar-refractivity contribution in [2.45, 2.75) is 34.1 Å². The van der Waals surface area contributed by atoms with E-state index in [2.05, 4.69) is 16.8 Å². The molecule has 0 saturated carbocycles. The van der Waals surface area contributed by atoms with E-state index in [-0.39, 0.29) is 5.76 Å². The van der Waals surface area contributed by atoms with Gasteiger partial charge in [-0.15, -0.1) is 15.0 Å². The Bertz CT molecular complexity index is 586. The Morgan fingerprint density at radius 3 is 2.24 bits per heavy atom. The molecule has 0 aromatic carbocycles. The number of aliphatic hydroxyl groups excluding tert-OH is 1. The van der Waals surface area contributed by atoms with Gasteiger partial charge in [0.2, 0.25) is 0 Å². The van der Waals surface area contributed by atoms with Crippen LogP contribution in [0.2, 0.25) is 0 Å². The summed E-state index contributed by atoms with van der Waals surface area (Å²) in [5.74, 6) is 0.0937. The second-order valence-corrected chi connectivity index (χ2v) is 4.28. The third kappa shape index (κ3) is 4.05. The molecule has 21 heavy (non-hydrogen) atoms. The molecular formula is C17H23N3O. The fourth-order valence-electron chi connectivity index (χ4n) is 1.78. The zero-order valence-electron chi connectivity index (χ0n) is 13.2. The van der Waals surface area contributed by atoms with Crippen LogP contribution in [0.3, 0.4) is 0 Å². The number of hydrogen-bond donors (Lipinski definition) is 1. The average Bonchev–Trinajstić information content (AvgIpc) is 2.79. The van der Waals surface area contributed by atoms with Gasteiger partial charge in [-0.1, -0.05) is 44.7 Å². The van der Waals surface area contributed by atoms with Gasteiger partial charge < -0.3 is 5.11 Å². The van der Waals surface area contributed by atoms with Crippen LogP contribution in [0, 0.1) is 0 Å². The standard InChI is InChI=1S/C15H17N3O.C2H6/c1-4-8-11(2)15(19)12(3)18-16-13-9-6-5-7-10-14(13)17-18;1-2/h4,6-10,19H,3,5H2,1-2H3;1-2H3/b8-4-,15-11+;. The molecule has 0 unspecified atom stereocenters. The lowest BCUT2D eigenvalue weighted by Gasteiger charge is -2.05. The summed E-state index contributed by atoms with van der Waals surface area (Å²) in [6.07, 6.45) is 12.4. The summed E-state index contributed by atoms with van der Waals surface area (Å²) in [5.41, 5.74) is 2.66. The summed E-state index contributed by atoms with van der Waals surface area (Å²) in [6.45, 7) is 11.5. The molecule has 1 aromatic rings. The molecule has 0 bridgehead atoms. The SMILES string of the molecule is C=C(/C(O)=C(C)\C=C/C)n1nc2c(n1)C=CCC=C2.CC. The Morgan fingerprint density at radius 1 is 1.24 bits per heavy atom. The summed E-state index contributed by atoms with van der Waals surface area (Å²) >= 11 is 0. The molecule has 4 nitrogen and oxygen atoms in total. The molecule has 0 atom stereocenters. The molecule has 1 N–H and O–H groups in total. The first-order chi connectivity index (χ1) is 10.1. The van der Waals surface area contributed by atoms with E-state index in [1.807, 2.05) is 64.2 Å². The summed E-state index contributed by atoms with van der Waals surface area (Å²) in [6, 6.07) is 0. The maximum absolute atomic E-state index is 10.1. The van der Waals surface area contributed by atoms with Gasteiger partial charge in [0.1, 0.15) is 22.8 Å². The molecule has 0 saturated heterocycles. The van der Waals surface area contributed by atoms with Gasteiger partial charge in [0.05, 0.1) is 0 Å². The molecule has 1 heterocycles. The van der Waals surface area contributed by atoms with E-state index in [0.717, 1.165) is 23.4 Å². The Labute approximate surface area is 126 Å². The zero-order chi connectivity index (χ0) is 15.8. The molecule has 112 valence electrons. The van der Waals surface area contributed by atoms with E-state index in [9.17, 15) is 5.11 Å². The Balaban J connectivity index is 0.00000106. The lowest BCUT2D eigenvalue weighted by Crippen LogP contribution is -2.04. The smallest absolute Gasteiger partial charge is 0.145 e. The molecular weight excluding hydrogens is 262 g/mol. The summed E-state index contributed by atoms with van der Waals surface area (Å²) in [5, 5.41) is 18.7. The topological polar surface area (TPSA) is 50.9 Å². The van der Waals surface area contributed by atoms with E-state index in [4.69, 9.17) is 0 Å². The van der Waals surface area contributed by atoms with Gasteiger partial charge in [0.25, 0.3) is 0 Å². The van der Waals surface area contributed by atoms with Crippen LogP contribution in [0.15, 0.2) is 42.2 Å². The van der Waals surface area contributed by atoms with E-state index in [1.54, 1.807) is 0 Å². The normalized spacial score (nSPS) is 14.1. The van der Waals surface area contributed by atoms with Crippen molar-refractivity contribution in [1.29, 1.82) is 0 Å². The highest BCUT2D eigenvalue weighted by Gasteiger charge is 2.12. The predicted molar refractivity (Wildman–Crippen MR) is 89.5 cm³/mol. The maximum atomic E-state index is 10.1.